The molecule has 200 valence electrons. The van der Waals surface area contributed by atoms with Crippen molar-refractivity contribution in [3.05, 3.63) is 24.3 Å². The Balaban J connectivity index is 1.73. The first-order chi connectivity index (χ1) is 17.3. The Hall–Kier alpha value is -2.19. The smallest absolute Gasteiger partial charge is 0.249 e. The summed E-state index contributed by atoms with van der Waals surface area (Å²) in [4.78, 5) is 47.5. The van der Waals surface area contributed by atoms with Gasteiger partial charge in [-0.1, -0.05) is 57.4 Å². The molecule has 8 nitrogen and oxygen atoms in total. The van der Waals surface area contributed by atoms with E-state index < -0.39 is 29.1 Å². The molecular weight excluding hydrogens is 458 g/mol. The summed E-state index contributed by atoms with van der Waals surface area (Å²) in [7, 11) is 0. The van der Waals surface area contributed by atoms with Crippen molar-refractivity contribution in [1.82, 2.24) is 14.7 Å². The molecule has 4 heterocycles. The molecular formula is C28H43N3O5. The average Bonchev–Trinajstić information content (AvgIpc) is 3.12. The van der Waals surface area contributed by atoms with Gasteiger partial charge in [0.05, 0.1) is 17.4 Å². The molecule has 2 saturated heterocycles. The van der Waals surface area contributed by atoms with Gasteiger partial charge in [-0.2, -0.15) is 0 Å². The lowest BCUT2D eigenvalue weighted by atomic mass is 9.74. The van der Waals surface area contributed by atoms with E-state index in [-0.39, 0.29) is 24.3 Å². The van der Waals surface area contributed by atoms with Crippen molar-refractivity contribution in [2.24, 2.45) is 11.8 Å². The number of carbonyl (C=O) groups is 3. The van der Waals surface area contributed by atoms with Crippen LogP contribution >= 0.6 is 0 Å². The molecule has 0 radical (unpaired) electrons. The van der Waals surface area contributed by atoms with E-state index in [4.69, 9.17) is 9.84 Å². The molecule has 0 bridgehead atoms. The highest BCUT2D eigenvalue weighted by atomic mass is 16.5. The van der Waals surface area contributed by atoms with Crippen molar-refractivity contribution in [1.29, 1.82) is 0 Å². The van der Waals surface area contributed by atoms with Gasteiger partial charge in [-0.3, -0.25) is 14.4 Å². The summed E-state index contributed by atoms with van der Waals surface area (Å²) < 4.78 is 6.83. The second-order valence-electron chi connectivity index (χ2n) is 10.9. The maximum Gasteiger partial charge on any atom is 0.249 e. The van der Waals surface area contributed by atoms with Crippen LogP contribution in [0.2, 0.25) is 0 Å². The maximum absolute atomic E-state index is 14.2. The lowest BCUT2D eigenvalue weighted by Crippen LogP contribution is -2.56. The summed E-state index contributed by atoms with van der Waals surface area (Å²) in [6, 6.07) is -0.770. The standard InChI is InChI=1S/C28H43N3O5/c1-4-6-16-30-18-12-14-28-22(21-24(33)29(15-5-2)17-11-13-27(21,3)36-28)25(34)31(23(28)26(30)35)19-9-7-8-10-20-32/h11-14,21-23,32H,4-10,15-20H2,1-3H3/t21-,22+,23?,27+,28+/m1/s1. The van der Waals surface area contributed by atoms with Gasteiger partial charge in [0.2, 0.25) is 17.7 Å². The summed E-state index contributed by atoms with van der Waals surface area (Å²) in [6.45, 7) is 8.90. The predicted molar refractivity (Wildman–Crippen MR) is 137 cm³/mol. The fourth-order valence-corrected chi connectivity index (χ4v) is 6.63. The SMILES string of the molecule is CCCCN1CC=C[C@]23O[C@@]4(C)C=CCN(CCC)C(=O)[C@H]4[C@H]2C(=O)N(CCCCCCO)C3C1=O. The van der Waals surface area contributed by atoms with E-state index >= 15 is 0 Å². The Morgan fingerprint density at radius 1 is 0.833 bits per heavy atom. The first kappa shape index (κ1) is 26.9. The van der Waals surface area contributed by atoms with Crippen LogP contribution in [0.15, 0.2) is 24.3 Å². The number of carbonyl (C=O) groups excluding carboxylic acids is 3. The lowest BCUT2D eigenvalue weighted by molar-refractivity contribution is -0.152. The van der Waals surface area contributed by atoms with Crippen molar-refractivity contribution >= 4 is 17.7 Å². The summed E-state index contributed by atoms with van der Waals surface area (Å²) in [5, 5.41) is 9.11. The number of aliphatic hydroxyl groups is 1. The fraction of sp³-hybridized carbons (Fsp3) is 0.750. The zero-order valence-corrected chi connectivity index (χ0v) is 22.2. The first-order valence-corrected chi connectivity index (χ1v) is 13.9. The number of amides is 3. The molecule has 2 fully saturated rings. The molecule has 0 aromatic heterocycles. The van der Waals surface area contributed by atoms with E-state index in [1.54, 1.807) is 4.90 Å². The highest BCUT2D eigenvalue weighted by Gasteiger charge is 2.74. The third-order valence-corrected chi connectivity index (χ3v) is 8.31. The predicted octanol–water partition coefficient (Wildman–Crippen LogP) is 2.52. The van der Waals surface area contributed by atoms with Gasteiger partial charge in [0.15, 0.2) is 0 Å². The Labute approximate surface area is 215 Å². The molecule has 0 aromatic carbocycles. The van der Waals surface area contributed by atoms with E-state index in [2.05, 4.69) is 6.92 Å². The largest absolute Gasteiger partial charge is 0.396 e. The van der Waals surface area contributed by atoms with Gasteiger partial charge in [-0.15, -0.1) is 0 Å². The van der Waals surface area contributed by atoms with Crippen LogP contribution in [-0.2, 0) is 19.1 Å². The van der Waals surface area contributed by atoms with Crippen LogP contribution in [0.5, 0.6) is 0 Å². The summed E-state index contributed by atoms with van der Waals surface area (Å²) in [6.07, 6.45) is 13.7. The number of ether oxygens (including phenoxy) is 1. The monoisotopic (exact) mass is 501 g/mol. The minimum Gasteiger partial charge on any atom is -0.396 e. The highest BCUT2D eigenvalue weighted by molar-refractivity contribution is 6.00. The number of hydrogen-bond donors (Lipinski definition) is 1. The Bertz CT molecular complexity index is 904. The summed E-state index contributed by atoms with van der Waals surface area (Å²) >= 11 is 0. The number of fused-ring (bicyclic) bond motifs is 2. The number of unbranched alkanes of at least 4 members (excludes halogenated alkanes) is 4. The zero-order valence-electron chi connectivity index (χ0n) is 22.2. The molecule has 1 spiro atoms. The van der Waals surface area contributed by atoms with Crippen molar-refractivity contribution in [3.8, 4) is 0 Å². The molecule has 5 atom stereocenters. The van der Waals surface area contributed by atoms with Crippen molar-refractivity contribution in [2.75, 3.05) is 39.3 Å². The van der Waals surface area contributed by atoms with Gasteiger partial charge in [0.25, 0.3) is 0 Å². The molecule has 1 unspecified atom stereocenters. The molecule has 4 rings (SSSR count). The number of nitrogens with zero attached hydrogens (tertiary/aromatic N) is 3. The van der Waals surface area contributed by atoms with Crippen LogP contribution in [0.4, 0.5) is 0 Å². The van der Waals surface area contributed by atoms with Crippen molar-refractivity contribution < 1.29 is 24.2 Å². The van der Waals surface area contributed by atoms with E-state index in [0.29, 0.717) is 32.7 Å². The van der Waals surface area contributed by atoms with Gasteiger partial charge in [0.1, 0.15) is 11.6 Å². The molecule has 4 aliphatic rings. The minimum atomic E-state index is -1.16. The van der Waals surface area contributed by atoms with Gasteiger partial charge in [-0.25, -0.2) is 0 Å². The van der Waals surface area contributed by atoms with E-state index in [0.717, 1.165) is 44.9 Å². The first-order valence-electron chi connectivity index (χ1n) is 13.9. The minimum absolute atomic E-state index is 0.0592. The van der Waals surface area contributed by atoms with Crippen LogP contribution < -0.4 is 0 Å². The van der Waals surface area contributed by atoms with Crippen LogP contribution in [0.25, 0.3) is 0 Å². The summed E-state index contributed by atoms with van der Waals surface area (Å²) in [5.41, 5.74) is -2.11. The van der Waals surface area contributed by atoms with Crippen LogP contribution in [-0.4, -0.2) is 94.1 Å². The Morgan fingerprint density at radius 2 is 1.53 bits per heavy atom. The fourth-order valence-electron chi connectivity index (χ4n) is 6.63. The third-order valence-electron chi connectivity index (χ3n) is 8.31. The number of aliphatic hydroxyl groups excluding tert-OH is 1. The normalized spacial score (nSPS) is 33.6. The van der Waals surface area contributed by atoms with Crippen LogP contribution in [0, 0.1) is 11.8 Å². The molecule has 8 heteroatoms. The average molecular weight is 502 g/mol. The topological polar surface area (TPSA) is 90.4 Å². The lowest BCUT2D eigenvalue weighted by Gasteiger charge is -2.37. The maximum atomic E-state index is 14.2. The molecule has 0 aliphatic carbocycles. The van der Waals surface area contributed by atoms with Crippen molar-refractivity contribution in [3.63, 3.8) is 0 Å². The van der Waals surface area contributed by atoms with E-state index in [9.17, 15) is 14.4 Å². The van der Waals surface area contributed by atoms with Gasteiger partial charge >= 0.3 is 0 Å². The van der Waals surface area contributed by atoms with Gasteiger partial charge in [0, 0.05) is 39.3 Å². The number of rotatable bonds is 11. The molecule has 3 amide bonds. The van der Waals surface area contributed by atoms with Crippen LogP contribution in [0.1, 0.15) is 65.7 Å². The van der Waals surface area contributed by atoms with Gasteiger partial charge < -0.3 is 24.5 Å². The quantitative estimate of drug-likeness (QED) is 0.347. The Kier molecular flexibility index (Phi) is 8.25. The molecule has 0 aromatic rings. The zero-order chi connectivity index (χ0) is 25.9. The third kappa shape index (κ3) is 4.51. The number of hydrogen-bond acceptors (Lipinski definition) is 5. The second kappa shape index (κ2) is 11.1. The van der Waals surface area contributed by atoms with E-state index in [1.807, 2.05) is 48.0 Å². The summed E-state index contributed by atoms with van der Waals surface area (Å²) in [5.74, 6) is -1.69. The second-order valence-corrected chi connectivity index (χ2v) is 10.9. The molecule has 0 saturated carbocycles. The van der Waals surface area contributed by atoms with Crippen LogP contribution in [0.3, 0.4) is 0 Å². The van der Waals surface area contributed by atoms with E-state index in [1.165, 1.54) is 0 Å². The number of likely N-dealkylation sites (tertiary alicyclic amines) is 1. The molecule has 4 aliphatic heterocycles. The van der Waals surface area contributed by atoms with Crippen molar-refractivity contribution in [2.45, 2.75) is 83.0 Å². The van der Waals surface area contributed by atoms with Gasteiger partial charge in [-0.05, 0) is 32.6 Å². The molecule has 1 N–H and O–H groups in total. The molecule has 36 heavy (non-hydrogen) atoms. The highest BCUT2D eigenvalue weighted by Crippen LogP contribution is 2.57. The Morgan fingerprint density at radius 3 is 2.22 bits per heavy atom.